The summed E-state index contributed by atoms with van der Waals surface area (Å²) < 4.78 is 0. The number of nitro groups is 1. The van der Waals surface area contributed by atoms with Crippen molar-refractivity contribution in [1.29, 1.82) is 0 Å². The Morgan fingerprint density at radius 3 is 2.65 bits per heavy atom. The first kappa shape index (κ1) is 14.0. The Morgan fingerprint density at radius 2 is 2.12 bits per heavy atom. The van der Waals surface area contributed by atoms with Gasteiger partial charge in [-0.25, -0.2) is 4.98 Å². The van der Waals surface area contributed by atoms with Crippen molar-refractivity contribution in [1.82, 2.24) is 10.3 Å². The maximum atomic E-state index is 10.5. The van der Waals surface area contributed by atoms with Crippen LogP contribution < -0.4 is 10.2 Å². The largest absolute Gasteiger partial charge is 0.353 e. The molecule has 94 valence electrons. The predicted molar refractivity (Wildman–Crippen MR) is 68.2 cm³/mol. The Morgan fingerprint density at radius 1 is 1.47 bits per heavy atom. The molecule has 0 saturated carbocycles. The second-order valence-corrected chi connectivity index (χ2v) is 3.90. The molecule has 1 aliphatic rings. The number of pyridine rings is 1. The number of hydrogen-bond donors (Lipinski definition) is 1. The van der Waals surface area contributed by atoms with Crippen molar-refractivity contribution >= 4 is 35.5 Å². The highest BCUT2D eigenvalue weighted by molar-refractivity contribution is 6.33. The first-order valence-electron chi connectivity index (χ1n) is 4.94. The Labute approximate surface area is 110 Å². The molecule has 1 aromatic heterocycles. The van der Waals surface area contributed by atoms with E-state index in [0.717, 1.165) is 26.2 Å². The number of rotatable bonds is 2. The summed E-state index contributed by atoms with van der Waals surface area (Å²) in [6.07, 6.45) is 1.24. The third kappa shape index (κ3) is 3.18. The Hall–Kier alpha value is -1.11. The lowest BCUT2D eigenvalue weighted by atomic mass is 10.3. The summed E-state index contributed by atoms with van der Waals surface area (Å²) in [6, 6.07) is 1.34. The summed E-state index contributed by atoms with van der Waals surface area (Å²) in [6.45, 7) is 3.36. The molecule has 0 unspecified atom stereocenters. The van der Waals surface area contributed by atoms with E-state index in [1.807, 2.05) is 4.90 Å². The van der Waals surface area contributed by atoms with E-state index in [-0.39, 0.29) is 18.1 Å². The molecule has 2 rings (SSSR count). The molecule has 1 aromatic rings. The number of aromatic nitrogens is 1. The molecule has 0 spiro atoms. The maximum Gasteiger partial charge on any atom is 0.289 e. The molecule has 0 radical (unpaired) electrons. The molecule has 6 nitrogen and oxygen atoms in total. The van der Waals surface area contributed by atoms with Crippen LogP contribution in [0.15, 0.2) is 12.3 Å². The van der Waals surface area contributed by atoms with Crippen LogP contribution in [0.2, 0.25) is 5.02 Å². The third-order valence-electron chi connectivity index (χ3n) is 2.43. The molecule has 0 bridgehead atoms. The fourth-order valence-corrected chi connectivity index (χ4v) is 1.91. The molecular formula is C9H12Cl2N4O2. The van der Waals surface area contributed by atoms with Gasteiger partial charge in [0.05, 0.1) is 9.95 Å². The minimum atomic E-state index is -0.500. The number of nitrogens with zero attached hydrogens (tertiary/aromatic N) is 3. The summed E-state index contributed by atoms with van der Waals surface area (Å²) in [5.74, 6) is 0.619. The molecule has 1 N–H and O–H groups in total. The van der Waals surface area contributed by atoms with E-state index in [9.17, 15) is 10.1 Å². The molecule has 2 heterocycles. The molecule has 8 heteroatoms. The lowest BCUT2D eigenvalue weighted by Gasteiger charge is -2.28. The van der Waals surface area contributed by atoms with Crippen molar-refractivity contribution in [2.45, 2.75) is 0 Å². The number of nitrogens with one attached hydrogen (secondary N) is 1. The van der Waals surface area contributed by atoms with E-state index >= 15 is 0 Å². The van der Waals surface area contributed by atoms with Gasteiger partial charge in [-0.1, -0.05) is 11.6 Å². The van der Waals surface area contributed by atoms with E-state index in [2.05, 4.69) is 10.3 Å². The zero-order valence-electron chi connectivity index (χ0n) is 8.93. The standard InChI is InChI=1S/C9H11ClN4O2.ClH/c10-8-5-7(14(15)16)6-12-9(8)13-3-1-11-2-4-13;/h5-6,11H,1-4H2;1H. The lowest BCUT2D eigenvalue weighted by Crippen LogP contribution is -2.44. The van der Waals surface area contributed by atoms with Gasteiger partial charge in [0.1, 0.15) is 12.0 Å². The predicted octanol–water partition coefficient (Wildman–Crippen LogP) is 1.47. The van der Waals surface area contributed by atoms with E-state index in [1.54, 1.807) is 0 Å². The summed E-state index contributed by atoms with van der Waals surface area (Å²) >= 11 is 5.98. The van der Waals surface area contributed by atoms with Crippen LogP contribution in [0.25, 0.3) is 0 Å². The minimum Gasteiger partial charge on any atom is -0.353 e. The van der Waals surface area contributed by atoms with Crippen LogP contribution in [-0.4, -0.2) is 36.1 Å². The van der Waals surface area contributed by atoms with Gasteiger partial charge in [0, 0.05) is 32.2 Å². The van der Waals surface area contributed by atoms with E-state index in [1.165, 1.54) is 12.3 Å². The number of piperazine rings is 1. The van der Waals surface area contributed by atoms with Crippen molar-refractivity contribution in [3.8, 4) is 0 Å². The molecule has 17 heavy (non-hydrogen) atoms. The second kappa shape index (κ2) is 6.00. The average molecular weight is 279 g/mol. The van der Waals surface area contributed by atoms with E-state index in [4.69, 9.17) is 11.6 Å². The van der Waals surface area contributed by atoms with Gasteiger partial charge < -0.3 is 10.2 Å². The summed E-state index contributed by atoms with van der Waals surface area (Å²) in [5.41, 5.74) is -0.0797. The molecule has 1 aliphatic heterocycles. The average Bonchev–Trinajstić information content (AvgIpc) is 2.30. The Bertz CT molecular complexity index is 410. The third-order valence-corrected chi connectivity index (χ3v) is 2.71. The summed E-state index contributed by atoms with van der Waals surface area (Å²) in [7, 11) is 0. The molecular weight excluding hydrogens is 267 g/mol. The fourth-order valence-electron chi connectivity index (χ4n) is 1.63. The SMILES string of the molecule is Cl.O=[N+]([O-])c1cnc(N2CCNCC2)c(Cl)c1. The van der Waals surface area contributed by atoms with Gasteiger partial charge in [0.25, 0.3) is 5.69 Å². The van der Waals surface area contributed by atoms with E-state index < -0.39 is 4.92 Å². The van der Waals surface area contributed by atoms with Gasteiger partial charge in [-0.15, -0.1) is 12.4 Å². The first-order chi connectivity index (χ1) is 7.68. The highest BCUT2D eigenvalue weighted by Gasteiger charge is 2.17. The normalized spacial score (nSPS) is 15.2. The Balaban J connectivity index is 0.00000144. The van der Waals surface area contributed by atoms with Crippen molar-refractivity contribution in [2.24, 2.45) is 0 Å². The number of hydrogen-bond acceptors (Lipinski definition) is 5. The summed E-state index contributed by atoms with van der Waals surface area (Å²) in [5, 5.41) is 14.1. The molecule has 0 aromatic carbocycles. The zero-order chi connectivity index (χ0) is 11.5. The molecule has 0 amide bonds. The van der Waals surface area contributed by atoms with Gasteiger partial charge in [0.15, 0.2) is 0 Å². The van der Waals surface area contributed by atoms with Gasteiger partial charge in [-0.05, 0) is 0 Å². The summed E-state index contributed by atoms with van der Waals surface area (Å²) in [4.78, 5) is 16.1. The van der Waals surface area contributed by atoms with Crippen molar-refractivity contribution in [3.05, 3.63) is 27.4 Å². The highest BCUT2D eigenvalue weighted by atomic mass is 35.5. The quantitative estimate of drug-likeness (QED) is 0.655. The number of halogens is 2. The zero-order valence-corrected chi connectivity index (χ0v) is 10.5. The fraction of sp³-hybridized carbons (Fsp3) is 0.444. The van der Waals surface area contributed by atoms with Gasteiger partial charge in [-0.3, -0.25) is 10.1 Å². The van der Waals surface area contributed by atoms with Crippen LogP contribution in [0.3, 0.4) is 0 Å². The topological polar surface area (TPSA) is 71.3 Å². The van der Waals surface area contributed by atoms with Gasteiger partial charge in [0.2, 0.25) is 0 Å². The van der Waals surface area contributed by atoms with Crippen LogP contribution >= 0.6 is 24.0 Å². The second-order valence-electron chi connectivity index (χ2n) is 3.49. The highest BCUT2D eigenvalue weighted by Crippen LogP contribution is 2.26. The van der Waals surface area contributed by atoms with Gasteiger partial charge >= 0.3 is 0 Å². The molecule has 0 atom stereocenters. The smallest absolute Gasteiger partial charge is 0.289 e. The lowest BCUT2D eigenvalue weighted by molar-refractivity contribution is -0.385. The van der Waals surface area contributed by atoms with Crippen molar-refractivity contribution < 1.29 is 4.92 Å². The maximum absolute atomic E-state index is 10.5. The van der Waals surface area contributed by atoms with E-state index in [0.29, 0.717) is 10.8 Å². The van der Waals surface area contributed by atoms with Crippen LogP contribution in [0, 0.1) is 10.1 Å². The van der Waals surface area contributed by atoms with Crippen LogP contribution in [-0.2, 0) is 0 Å². The van der Waals surface area contributed by atoms with Crippen molar-refractivity contribution in [3.63, 3.8) is 0 Å². The van der Waals surface area contributed by atoms with Crippen LogP contribution in [0.5, 0.6) is 0 Å². The monoisotopic (exact) mass is 278 g/mol. The van der Waals surface area contributed by atoms with Crippen LogP contribution in [0.4, 0.5) is 11.5 Å². The minimum absolute atomic E-state index is 0. The van der Waals surface area contributed by atoms with Crippen LogP contribution in [0.1, 0.15) is 0 Å². The molecule has 1 saturated heterocycles. The van der Waals surface area contributed by atoms with Gasteiger partial charge in [-0.2, -0.15) is 0 Å². The van der Waals surface area contributed by atoms with Crippen molar-refractivity contribution in [2.75, 3.05) is 31.1 Å². The molecule has 0 aliphatic carbocycles. The molecule has 1 fully saturated rings. The number of anilines is 1. The Kier molecular flexibility index (Phi) is 4.92. The first-order valence-corrected chi connectivity index (χ1v) is 5.32.